The first-order valence-electron chi connectivity index (χ1n) is 8.44. The van der Waals surface area contributed by atoms with E-state index >= 15 is 0 Å². The van der Waals surface area contributed by atoms with E-state index in [1.54, 1.807) is 23.5 Å². The lowest BCUT2D eigenvalue weighted by atomic mass is 9.89. The van der Waals surface area contributed by atoms with Gasteiger partial charge in [-0.05, 0) is 53.8 Å². The van der Waals surface area contributed by atoms with Crippen LogP contribution in [0, 0.1) is 0 Å². The number of ether oxygens (including phenoxy) is 1. The van der Waals surface area contributed by atoms with Gasteiger partial charge in [-0.2, -0.15) is 11.3 Å². The summed E-state index contributed by atoms with van der Waals surface area (Å²) in [4.78, 5) is 14.7. The summed E-state index contributed by atoms with van der Waals surface area (Å²) in [6.45, 7) is 3.68. The fraction of sp³-hybridized carbons (Fsp3) is 0.500. The second-order valence-corrected chi connectivity index (χ2v) is 7.54. The predicted molar refractivity (Wildman–Crippen MR) is 92.1 cm³/mol. The van der Waals surface area contributed by atoms with Gasteiger partial charge in [0.25, 0.3) is 5.91 Å². The van der Waals surface area contributed by atoms with Gasteiger partial charge in [-0.25, -0.2) is 0 Å². The molecule has 1 amide bonds. The number of nitrogens with one attached hydrogen (secondary N) is 1. The van der Waals surface area contributed by atoms with Crippen LogP contribution in [-0.4, -0.2) is 42.1 Å². The summed E-state index contributed by atoms with van der Waals surface area (Å²) in [6, 6.07) is 5.77. The third kappa shape index (κ3) is 3.41. The smallest absolute Gasteiger partial charge is 0.287 e. The van der Waals surface area contributed by atoms with Gasteiger partial charge in [-0.3, -0.25) is 9.69 Å². The molecule has 2 aliphatic heterocycles. The summed E-state index contributed by atoms with van der Waals surface area (Å²) in [6.07, 6.45) is 4.29. The Labute approximate surface area is 145 Å². The van der Waals surface area contributed by atoms with Gasteiger partial charge in [0, 0.05) is 32.3 Å². The Morgan fingerprint density at radius 1 is 1.46 bits per heavy atom. The van der Waals surface area contributed by atoms with E-state index in [9.17, 15) is 4.79 Å². The van der Waals surface area contributed by atoms with Crippen molar-refractivity contribution >= 4 is 17.2 Å². The number of hydrogen-bond acceptors (Lipinski definition) is 5. The van der Waals surface area contributed by atoms with Crippen molar-refractivity contribution in [3.05, 3.63) is 46.5 Å². The molecule has 2 aromatic rings. The molecule has 2 atom stereocenters. The highest BCUT2D eigenvalue weighted by Crippen LogP contribution is 2.35. The molecule has 6 heteroatoms. The molecule has 2 aliphatic rings. The van der Waals surface area contributed by atoms with E-state index in [-0.39, 0.29) is 17.6 Å². The molecule has 2 saturated heterocycles. The second-order valence-electron chi connectivity index (χ2n) is 6.76. The van der Waals surface area contributed by atoms with Gasteiger partial charge in [-0.15, -0.1) is 0 Å². The average molecular weight is 346 g/mol. The van der Waals surface area contributed by atoms with Gasteiger partial charge >= 0.3 is 0 Å². The number of amides is 1. The zero-order valence-corrected chi connectivity index (χ0v) is 14.4. The number of nitrogens with zero attached hydrogens (tertiary/aromatic N) is 1. The molecule has 0 aliphatic carbocycles. The minimum atomic E-state index is -0.129. The van der Waals surface area contributed by atoms with E-state index in [0.717, 1.165) is 38.9 Å². The van der Waals surface area contributed by atoms with Gasteiger partial charge in [0.2, 0.25) is 0 Å². The van der Waals surface area contributed by atoms with Crippen LogP contribution >= 0.6 is 11.3 Å². The van der Waals surface area contributed by atoms with Crippen molar-refractivity contribution in [1.82, 2.24) is 10.2 Å². The SMILES string of the molecule is O=C(N[C@@H]1CCO[C@]2(CCN(Cc3ccsc3)C2)C1)c1ccco1. The minimum Gasteiger partial charge on any atom is -0.459 e. The number of carbonyl (C=O) groups is 1. The lowest BCUT2D eigenvalue weighted by molar-refractivity contribution is -0.0793. The standard InChI is InChI=1S/C18H22N2O3S/c21-17(16-2-1-7-22-16)19-15-3-8-23-18(10-15)5-6-20(13-18)11-14-4-9-24-12-14/h1-2,4,7,9,12,15H,3,5-6,8,10-11,13H2,(H,19,21)/t15-,18-/m1/s1. The third-order valence-corrected chi connectivity index (χ3v) is 5.69. The highest BCUT2D eigenvalue weighted by Gasteiger charge is 2.43. The van der Waals surface area contributed by atoms with Crippen molar-refractivity contribution in [3.63, 3.8) is 0 Å². The normalized spacial score (nSPS) is 27.6. The Hall–Kier alpha value is -1.63. The Morgan fingerprint density at radius 3 is 3.21 bits per heavy atom. The number of furan rings is 1. The molecular weight excluding hydrogens is 324 g/mol. The van der Waals surface area contributed by atoms with Gasteiger partial charge in [-0.1, -0.05) is 0 Å². The Kier molecular flexibility index (Phi) is 4.43. The molecule has 0 aromatic carbocycles. The number of likely N-dealkylation sites (tertiary alicyclic amines) is 1. The number of thiophene rings is 1. The maximum Gasteiger partial charge on any atom is 0.287 e. The lowest BCUT2D eigenvalue weighted by Gasteiger charge is -2.38. The molecule has 0 saturated carbocycles. The molecule has 0 unspecified atom stereocenters. The molecular formula is C18H22N2O3S. The van der Waals surface area contributed by atoms with Crippen LogP contribution in [0.3, 0.4) is 0 Å². The molecule has 1 N–H and O–H groups in total. The minimum absolute atomic E-state index is 0.116. The molecule has 0 radical (unpaired) electrons. The first-order chi connectivity index (χ1) is 11.7. The molecule has 4 heterocycles. The maximum absolute atomic E-state index is 12.2. The molecule has 5 nitrogen and oxygen atoms in total. The van der Waals surface area contributed by atoms with Crippen LogP contribution in [0.25, 0.3) is 0 Å². The quantitative estimate of drug-likeness (QED) is 0.925. The Morgan fingerprint density at radius 2 is 2.42 bits per heavy atom. The van der Waals surface area contributed by atoms with E-state index in [4.69, 9.17) is 9.15 Å². The first kappa shape index (κ1) is 15.9. The number of hydrogen-bond donors (Lipinski definition) is 1. The number of rotatable bonds is 4. The summed E-state index contributed by atoms with van der Waals surface area (Å²) < 4.78 is 11.3. The molecule has 1 spiro atoms. The van der Waals surface area contributed by atoms with Crippen molar-refractivity contribution in [3.8, 4) is 0 Å². The predicted octanol–water partition coefficient (Wildman–Crippen LogP) is 2.89. The lowest BCUT2D eigenvalue weighted by Crippen LogP contribution is -2.49. The van der Waals surface area contributed by atoms with Crippen LogP contribution in [0.1, 0.15) is 35.4 Å². The zero-order valence-electron chi connectivity index (χ0n) is 13.6. The summed E-state index contributed by atoms with van der Waals surface area (Å²) >= 11 is 1.74. The van der Waals surface area contributed by atoms with Crippen LogP contribution in [-0.2, 0) is 11.3 Å². The Balaban J connectivity index is 1.35. The fourth-order valence-corrected chi connectivity index (χ4v) is 4.46. The van der Waals surface area contributed by atoms with E-state index in [1.807, 2.05) is 0 Å². The van der Waals surface area contributed by atoms with E-state index in [0.29, 0.717) is 12.4 Å². The summed E-state index contributed by atoms with van der Waals surface area (Å²) in [5, 5.41) is 7.43. The van der Waals surface area contributed by atoms with Gasteiger partial charge < -0.3 is 14.5 Å². The molecule has 0 bridgehead atoms. The molecule has 4 rings (SSSR count). The van der Waals surface area contributed by atoms with Crippen LogP contribution in [0.2, 0.25) is 0 Å². The zero-order chi connectivity index (χ0) is 16.4. The van der Waals surface area contributed by atoms with Crippen molar-refractivity contribution in [1.29, 1.82) is 0 Å². The first-order valence-corrected chi connectivity index (χ1v) is 9.39. The summed E-state index contributed by atoms with van der Waals surface area (Å²) in [5.41, 5.74) is 1.26. The van der Waals surface area contributed by atoms with Crippen molar-refractivity contribution < 1.29 is 13.9 Å². The van der Waals surface area contributed by atoms with Crippen LogP contribution < -0.4 is 5.32 Å². The van der Waals surface area contributed by atoms with Crippen molar-refractivity contribution in [2.24, 2.45) is 0 Å². The highest BCUT2D eigenvalue weighted by atomic mass is 32.1. The fourth-order valence-electron chi connectivity index (χ4n) is 3.80. The van der Waals surface area contributed by atoms with E-state index in [1.165, 1.54) is 11.8 Å². The van der Waals surface area contributed by atoms with Crippen molar-refractivity contribution in [2.75, 3.05) is 19.7 Å². The maximum atomic E-state index is 12.2. The van der Waals surface area contributed by atoms with E-state index in [2.05, 4.69) is 27.0 Å². The Bertz CT molecular complexity index is 671. The molecule has 128 valence electrons. The van der Waals surface area contributed by atoms with Crippen LogP contribution in [0.4, 0.5) is 0 Å². The highest BCUT2D eigenvalue weighted by molar-refractivity contribution is 7.07. The molecule has 2 fully saturated rings. The second kappa shape index (κ2) is 6.70. The van der Waals surface area contributed by atoms with Gasteiger partial charge in [0.15, 0.2) is 5.76 Å². The number of carbonyl (C=O) groups excluding carboxylic acids is 1. The molecule has 24 heavy (non-hydrogen) atoms. The van der Waals surface area contributed by atoms with Crippen LogP contribution in [0.5, 0.6) is 0 Å². The summed E-state index contributed by atoms with van der Waals surface area (Å²) in [5.74, 6) is 0.247. The van der Waals surface area contributed by atoms with E-state index < -0.39 is 0 Å². The molecule has 2 aromatic heterocycles. The summed E-state index contributed by atoms with van der Waals surface area (Å²) in [7, 11) is 0. The largest absolute Gasteiger partial charge is 0.459 e. The topological polar surface area (TPSA) is 54.7 Å². The monoisotopic (exact) mass is 346 g/mol. The van der Waals surface area contributed by atoms with Gasteiger partial charge in [0.05, 0.1) is 11.9 Å². The van der Waals surface area contributed by atoms with Gasteiger partial charge in [0.1, 0.15) is 0 Å². The van der Waals surface area contributed by atoms with Crippen molar-refractivity contribution in [2.45, 2.75) is 37.5 Å². The van der Waals surface area contributed by atoms with Crippen LogP contribution in [0.15, 0.2) is 39.6 Å². The average Bonchev–Trinajstić information content (AvgIpc) is 3.31. The third-order valence-electron chi connectivity index (χ3n) is 4.95.